The summed E-state index contributed by atoms with van der Waals surface area (Å²) in [4.78, 5) is 22.6. The number of para-hydroxylation sites is 1. The second-order valence-electron chi connectivity index (χ2n) is 3.67. The van der Waals surface area contributed by atoms with Crippen LogP contribution in [-0.4, -0.2) is 29.3 Å². The molecule has 0 fully saturated rings. The summed E-state index contributed by atoms with van der Waals surface area (Å²) >= 11 is 1.37. The van der Waals surface area contributed by atoms with Gasteiger partial charge >= 0.3 is 5.97 Å². The zero-order chi connectivity index (χ0) is 13.4. The van der Waals surface area contributed by atoms with E-state index in [4.69, 9.17) is 10.8 Å². The lowest BCUT2D eigenvalue weighted by atomic mass is 10.3. The molecular weight excluding hydrogens is 252 g/mol. The number of nitrogen functional groups attached to an aromatic ring is 1. The van der Waals surface area contributed by atoms with E-state index in [0.29, 0.717) is 18.7 Å². The van der Waals surface area contributed by atoms with Crippen molar-refractivity contribution in [2.75, 3.05) is 18.0 Å². The van der Waals surface area contributed by atoms with Crippen molar-refractivity contribution in [2.45, 2.75) is 17.7 Å². The van der Waals surface area contributed by atoms with Crippen molar-refractivity contribution in [1.82, 2.24) is 5.32 Å². The summed E-state index contributed by atoms with van der Waals surface area (Å²) in [6.07, 6.45) is 0.512. The fourth-order valence-corrected chi connectivity index (χ4v) is 2.07. The van der Waals surface area contributed by atoms with Gasteiger partial charge in [-0.3, -0.25) is 9.59 Å². The molecule has 0 spiro atoms. The number of rotatable bonds is 7. The number of anilines is 1. The van der Waals surface area contributed by atoms with Crippen LogP contribution < -0.4 is 11.1 Å². The zero-order valence-corrected chi connectivity index (χ0v) is 10.7. The van der Waals surface area contributed by atoms with Crippen molar-refractivity contribution in [2.24, 2.45) is 0 Å². The summed E-state index contributed by atoms with van der Waals surface area (Å²) < 4.78 is 0. The van der Waals surface area contributed by atoms with Crippen LogP contribution in [0, 0.1) is 0 Å². The van der Waals surface area contributed by atoms with Crippen molar-refractivity contribution < 1.29 is 14.7 Å². The second-order valence-corrected chi connectivity index (χ2v) is 4.69. The number of benzene rings is 1. The first-order valence-corrected chi connectivity index (χ1v) is 6.54. The van der Waals surface area contributed by atoms with Gasteiger partial charge in [0.2, 0.25) is 5.91 Å². The maximum atomic E-state index is 11.5. The largest absolute Gasteiger partial charge is 0.481 e. The maximum Gasteiger partial charge on any atom is 0.303 e. The van der Waals surface area contributed by atoms with Crippen LogP contribution in [-0.2, 0) is 9.59 Å². The Hall–Kier alpha value is -1.69. The molecule has 0 saturated carbocycles. The SMILES string of the molecule is Nc1ccccc1SCC(=O)NCCCC(=O)O. The Morgan fingerprint density at radius 2 is 2.06 bits per heavy atom. The Morgan fingerprint density at radius 1 is 1.33 bits per heavy atom. The number of carboxylic acid groups (broad SMARTS) is 1. The Bertz CT molecular complexity index is 424. The van der Waals surface area contributed by atoms with Crippen molar-refractivity contribution in [3.8, 4) is 0 Å². The standard InChI is InChI=1S/C12H16N2O3S/c13-9-4-1-2-5-10(9)18-8-11(15)14-7-3-6-12(16)17/h1-2,4-5H,3,6-8,13H2,(H,14,15)(H,16,17). The summed E-state index contributed by atoms with van der Waals surface area (Å²) in [6.45, 7) is 0.385. The summed E-state index contributed by atoms with van der Waals surface area (Å²) in [5, 5.41) is 11.1. The molecule has 0 bridgehead atoms. The third-order valence-electron chi connectivity index (χ3n) is 2.17. The highest BCUT2D eigenvalue weighted by Crippen LogP contribution is 2.23. The van der Waals surface area contributed by atoms with E-state index >= 15 is 0 Å². The Labute approximate surface area is 110 Å². The highest BCUT2D eigenvalue weighted by atomic mass is 32.2. The lowest BCUT2D eigenvalue weighted by Crippen LogP contribution is -2.26. The van der Waals surface area contributed by atoms with Crippen molar-refractivity contribution in [3.05, 3.63) is 24.3 Å². The molecule has 0 heterocycles. The Balaban J connectivity index is 2.21. The smallest absolute Gasteiger partial charge is 0.303 e. The van der Waals surface area contributed by atoms with Crippen LogP contribution in [0.2, 0.25) is 0 Å². The van der Waals surface area contributed by atoms with E-state index < -0.39 is 5.97 Å². The first-order valence-electron chi connectivity index (χ1n) is 5.55. The third-order valence-corrected chi connectivity index (χ3v) is 3.26. The van der Waals surface area contributed by atoms with E-state index in [1.165, 1.54) is 11.8 Å². The molecule has 98 valence electrons. The summed E-state index contributed by atoms with van der Waals surface area (Å²) in [6, 6.07) is 7.35. The minimum atomic E-state index is -0.851. The molecule has 0 saturated heterocycles. The van der Waals surface area contributed by atoms with Gasteiger partial charge in [-0.2, -0.15) is 0 Å². The first-order chi connectivity index (χ1) is 8.59. The molecule has 0 aliphatic heterocycles. The quantitative estimate of drug-likeness (QED) is 0.394. The molecular formula is C12H16N2O3S. The fraction of sp³-hybridized carbons (Fsp3) is 0.333. The molecule has 1 amide bonds. The van der Waals surface area contributed by atoms with Crippen molar-refractivity contribution in [1.29, 1.82) is 0 Å². The number of hydrogen-bond donors (Lipinski definition) is 3. The summed E-state index contributed by atoms with van der Waals surface area (Å²) in [7, 11) is 0. The molecule has 0 aliphatic rings. The molecule has 1 rings (SSSR count). The normalized spacial score (nSPS) is 10.0. The summed E-state index contributed by atoms with van der Waals surface area (Å²) in [5.41, 5.74) is 6.40. The molecule has 0 unspecified atom stereocenters. The minimum absolute atomic E-state index is 0.0685. The van der Waals surface area contributed by atoms with Gasteiger partial charge in [0.1, 0.15) is 0 Å². The van der Waals surface area contributed by atoms with E-state index in [9.17, 15) is 9.59 Å². The van der Waals surface area contributed by atoms with Crippen LogP contribution in [0.5, 0.6) is 0 Å². The zero-order valence-electron chi connectivity index (χ0n) is 9.89. The van der Waals surface area contributed by atoms with Gasteiger partial charge < -0.3 is 16.2 Å². The molecule has 1 aromatic carbocycles. The molecule has 1 aromatic rings. The van der Waals surface area contributed by atoms with Gasteiger partial charge in [-0.05, 0) is 18.6 Å². The molecule has 0 radical (unpaired) electrons. The lowest BCUT2D eigenvalue weighted by molar-refractivity contribution is -0.137. The topological polar surface area (TPSA) is 92.4 Å². The number of carbonyl (C=O) groups excluding carboxylic acids is 1. The maximum absolute atomic E-state index is 11.5. The molecule has 6 heteroatoms. The average molecular weight is 268 g/mol. The van der Waals surface area contributed by atoms with Crippen LogP contribution in [0.1, 0.15) is 12.8 Å². The molecule has 0 aliphatic carbocycles. The van der Waals surface area contributed by atoms with Gasteiger partial charge in [-0.15, -0.1) is 11.8 Å². The van der Waals surface area contributed by atoms with E-state index in [2.05, 4.69) is 5.32 Å². The number of aliphatic carboxylic acids is 1. The van der Waals surface area contributed by atoms with Crippen LogP contribution in [0.15, 0.2) is 29.2 Å². The number of carboxylic acids is 1. The molecule has 4 N–H and O–H groups in total. The number of nitrogens with one attached hydrogen (secondary N) is 1. The number of nitrogens with two attached hydrogens (primary N) is 1. The van der Waals surface area contributed by atoms with Crippen molar-refractivity contribution in [3.63, 3.8) is 0 Å². The molecule has 5 nitrogen and oxygen atoms in total. The Morgan fingerprint density at radius 3 is 2.72 bits per heavy atom. The molecule has 0 aromatic heterocycles. The van der Waals surface area contributed by atoms with Gasteiger partial charge in [-0.25, -0.2) is 0 Å². The molecule has 0 atom stereocenters. The van der Waals surface area contributed by atoms with Gasteiger partial charge in [-0.1, -0.05) is 12.1 Å². The van der Waals surface area contributed by atoms with E-state index in [0.717, 1.165) is 4.90 Å². The minimum Gasteiger partial charge on any atom is -0.481 e. The average Bonchev–Trinajstić information content (AvgIpc) is 2.33. The fourth-order valence-electron chi connectivity index (χ4n) is 1.27. The number of thioether (sulfide) groups is 1. The van der Waals surface area contributed by atoms with Crippen LogP contribution in [0.4, 0.5) is 5.69 Å². The van der Waals surface area contributed by atoms with Crippen molar-refractivity contribution >= 4 is 29.3 Å². The van der Waals surface area contributed by atoms with E-state index in [-0.39, 0.29) is 18.1 Å². The van der Waals surface area contributed by atoms with E-state index in [1.54, 1.807) is 6.07 Å². The lowest BCUT2D eigenvalue weighted by Gasteiger charge is -2.06. The van der Waals surface area contributed by atoms with Gasteiger partial charge in [0.05, 0.1) is 5.75 Å². The monoisotopic (exact) mass is 268 g/mol. The second kappa shape index (κ2) is 7.60. The van der Waals surface area contributed by atoms with Gasteiger partial charge in [0, 0.05) is 23.5 Å². The van der Waals surface area contributed by atoms with E-state index in [1.807, 2.05) is 18.2 Å². The predicted molar refractivity (Wildman–Crippen MR) is 71.5 cm³/mol. The predicted octanol–water partition coefficient (Wildman–Crippen LogP) is 1.34. The highest BCUT2D eigenvalue weighted by Gasteiger charge is 2.04. The van der Waals surface area contributed by atoms with Gasteiger partial charge in [0.15, 0.2) is 0 Å². The molecule has 18 heavy (non-hydrogen) atoms. The number of amides is 1. The third kappa shape index (κ3) is 5.58. The van der Waals surface area contributed by atoms with Crippen LogP contribution >= 0.6 is 11.8 Å². The Kier molecular flexibility index (Phi) is 6.07. The highest BCUT2D eigenvalue weighted by molar-refractivity contribution is 8.00. The van der Waals surface area contributed by atoms with Crippen LogP contribution in [0.25, 0.3) is 0 Å². The number of hydrogen-bond acceptors (Lipinski definition) is 4. The first kappa shape index (κ1) is 14.4. The number of carbonyl (C=O) groups is 2. The van der Waals surface area contributed by atoms with Crippen LogP contribution in [0.3, 0.4) is 0 Å². The summed E-state index contributed by atoms with van der Waals surface area (Å²) in [5.74, 6) is -0.689. The van der Waals surface area contributed by atoms with Gasteiger partial charge in [0.25, 0.3) is 0 Å².